The normalized spacial score (nSPS) is 17.1. The van der Waals surface area contributed by atoms with Gasteiger partial charge in [0.05, 0.1) is 5.92 Å². The van der Waals surface area contributed by atoms with Gasteiger partial charge in [-0.3, -0.25) is 9.59 Å². The molecular weight excluding hydrogens is 336 g/mol. The summed E-state index contributed by atoms with van der Waals surface area (Å²) >= 11 is 1.41. The number of carbonyl (C=O) groups is 2. The van der Waals surface area contributed by atoms with Crippen LogP contribution >= 0.6 is 11.3 Å². The van der Waals surface area contributed by atoms with Crippen LogP contribution in [0.15, 0.2) is 24.3 Å². The fraction of sp³-hybridized carbons (Fsp3) is 0.444. The summed E-state index contributed by atoms with van der Waals surface area (Å²) in [7, 11) is 0. The van der Waals surface area contributed by atoms with E-state index in [2.05, 4.69) is 22.4 Å². The summed E-state index contributed by atoms with van der Waals surface area (Å²) in [6.07, 6.45) is 3.26. The van der Waals surface area contributed by atoms with E-state index < -0.39 is 0 Å². The lowest BCUT2D eigenvalue weighted by Crippen LogP contribution is -2.28. The first kappa shape index (κ1) is 17.5. The summed E-state index contributed by atoms with van der Waals surface area (Å²) in [5.74, 6) is -0.548. The Bertz CT molecular complexity index is 774. The molecule has 2 heterocycles. The van der Waals surface area contributed by atoms with Gasteiger partial charge in [0.2, 0.25) is 16.9 Å². The van der Waals surface area contributed by atoms with E-state index in [9.17, 15) is 9.59 Å². The van der Waals surface area contributed by atoms with Crippen LogP contribution in [0.3, 0.4) is 0 Å². The topological polar surface area (TPSA) is 75.2 Å². The Labute approximate surface area is 151 Å². The Morgan fingerprint density at radius 2 is 2.16 bits per heavy atom. The molecule has 7 heteroatoms. The van der Waals surface area contributed by atoms with Crippen molar-refractivity contribution in [1.82, 2.24) is 10.2 Å². The molecule has 2 aromatic rings. The SMILES string of the molecule is CCCCc1nnc(NC(=O)[C@@H]2CC(=O)N(c3ccccc3C)C2)s1. The highest BCUT2D eigenvalue weighted by atomic mass is 32.1. The molecule has 132 valence electrons. The minimum Gasteiger partial charge on any atom is -0.311 e. The number of hydrogen-bond donors (Lipinski definition) is 1. The van der Waals surface area contributed by atoms with Crippen molar-refractivity contribution in [2.75, 3.05) is 16.8 Å². The van der Waals surface area contributed by atoms with Crippen LogP contribution in [0.1, 0.15) is 36.8 Å². The summed E-state index contributed by atoms with van der Waals surface area (Å²) < 4.78 is 0. The highest BCUT2D eigenvalue weighted by Gasteiger charge is 2.35. The highest BCUT2D eigenvalue weighted by Crippen LogP contribution is 2.28. The van der Waals surface area contributed by atoms with Crippen LogP contribution in [-0.2, 0) is 16.0 Å². The summed E-state index contributed by atoms with van der Waals surface area (Å²) in [4.78, 5) is 26.5. The van der Waals surface area contributed by atoms with Crippen molar-refractivity contribution in [2.24, 2.45) is 5.92 Å². The Morgan fingerprint density at radius 3 is 2.92 bits per heavy atom. The first-order chi connectivity index (χ1) is 12.1. The second-order valence-electron chi connectivity index (χ2n) is 6.29. The molecule has 0 unspecified atom stereocenters. The molecule has 0 radical (unpaired) electrons. The Morgan fingerprint density at radius 1 is 1.36 bits per heavy atom. The van der Waals surface area contributed by atoms with Crippen LogP contribution in [0.5, 0.6) is 0 Å². The second kappa shape index (κ2) is 7.74. The number of carbonyl (C=O) groups excluding carboxylic acids is 2. The first-order valence-electron chi connectivity index (χ1n) is 8.57. The first-order valence-corrected chi connectivity index (χ1v) is 9.39. The third-order valence-electron chi connectivity index (χ3n) is 4.34. The molecule has 1 aliphatic rings. The molecule has 1 aliphatic heterocycles. The largest absolute Gasteiger partial charge is 0.311 e. The Kier molecular flexibility index (Phi) is 5.43. The number of amides is 2. The number of hydrogen-bond acceptors (Lipinski definition) is 5. The number of unbranched alkanes of at least 4 members (excludes halogenated alkanes) is 1. The van der Waals surface area contributed by atoms with Gasteiger partial charge in [-0.15, -0.1) is 10.2 Å². The maximum atomic E-state index is 12.5. The van der Waals surface area contributed by atoms with E-state index in [1.165, 1.54) is 11.3 Å². The number of benzene rings is 1. The average Bonchev–Trinajstić information content (AvgIpc) is 3.20. The van der Waals surface area contributed by atoms with Gasteiger partial charge in [-0.25, -0.2) is 0 Å². The predicted octanol–water partition coefficient (Wildman–Crippen LogP) is 3.18. The predicted molar refractivity (Wildman–Crippen MR) is 98.8 cm³/mol. The van der Waals surface area contributed by atoms with Gasteiger partial charge in [0.25, 0.3) is 0 Å². The minimum absolute atomic E-state index is 0.0182. The molecule has 1 fully saturated rings. The van der Waals surface area contributed by atoms with E-state index in [1.807, 2.05) is 31.2 Å². The van der Waals surface area contributed by atoms with Crippen molar-refractivity contribution in [1.29, 1.82) is 0 Å². The summed E-state index contributed by atoms with van der Waals surface area (Å²) in [5, 5.41) is 12.4. The maximum Gasteiger partial charge on any atom is 0.231 e. The molecule has 3 rings (SSSR count). The molecule has 2 amide bonds. The lowest BCUT2D eigenvalue weighted by atomic mass is 10.1. The quantitative estimate of drug-likeness (QED) is 0.860. The zero-order chi connectivity index (χ0) is 17.8. The van der Waals surface area contributed by atoms with Crippen molar-refractivity contribution >= 4 is 34.0 Å². The van der Waals surface area contributed by atoms with Crippen molar-refractivity contribution in [3.8, 4) is 0 Å². The number of anilines is 2. The van der Waals surface area contributed by atoms with Gasteiger partial charge in [0, 0.05) is 25.1 Å². The molecule has 1 saturated heterocycles. The van der Waals surface area contributed by atoms with Gasteiger partial charge < -0.3 is 10.2 Å². The fourth-order valence-corrected chi connectivity index (χ4v) is 3.71. The standard InChI is InChI=1S/C18H22N4O2S/c1-3-4-9-15-20-21-18(25-15)19-17(24)13-10-16(23)22(11-13)14-8-6-5-7-12(14)2/h5-8,13H,3-4,9-11H2,1-2H3,(H,19,21,24)/t13-/m1/s1. The lowest BCUT2D eigenvalue weighted by molar-refractivity contribution is -0.122. The van der Waals surface area contributed by atoms with E-state index in [4.69, 9.17) is 0 Å². The van der Waals surface area contributed by atoms with Crippen LogP contribution < -0.4 is 10.2 Å². The molecular formula is C18H22N4O2S. The van der Waals surface area contributed by atoms with Crippen LogP contribution in [0, 0.1) is 12.8 Å². The summed E-state index contributed by atoms with van der Waals surface area (Å²) in [5.41, 5.74) is 1.90. The second-order valence-corrected chi connectivity index (χ2v) is 7.35. The number of aromatic nitrogens is 2. The number of rotatable bonds is 6. The highest BCUT2D eigenvalue weighted by molar-refractivity contribution is 7.15. The zero-order valence-corrected chi connectivity index (χ0v) is 15.3. The van der Waals surface area contributed by atoms with E-state index in [0.717, 1.165) is 35.5 Å². The van der Waals surface area contributed by atoms with Crippen LogP contribution in [-0.4, -0.2) is 28.6 Å². The monoisotopic (exact) mass is 358 g/mol. The molecule has 0 bridgehead atoms. The van der Waals surface area contributed by atoms with Gasteiger partial charge in [-0.05, 0) is 25.0 Å². The zero-order valence-electron chi connectivity index (χ0n) is 14.5. The number of aryl methyl sites for hydroxylation is 2. The third-order valence-corrected chi connectivity index (χ3v) is 5.24. The Hall–Kier alpha value is -2.28. The number of para-hydroxylation sites is 1. The summed E-state index contributed by atoms with van der Waals surface area (Å²) in [6.45, 7) is 4.49. The molecule has 1 N–H and O–H groups in total. The van der Waals surface area contributed by atoms with E-state index >= 15 is 0 Å². The third kappa shape index (κ3) is 4.04. The fourth-order valence-electron chi connectivity index (χ4n) is 2.92. The van der Waals surface area contributed by atoms with Gasteiger partial charge in [0.1, 0.15) is 5.01 Å². The number of nitrogens with zero attached hydrogens (tertiary/aromatic N) is 3. The van der Waals surface area contributed by atoms with Gasteiger partial charge in [-0.2, -0.15) is 0 Å². The number of nitrogens with one attached hydrogen (secondary N) is 1. The maximum absolute atomic E-state index is 12.5. The lowest BCUT2D eigenvalue weighted by Gasteiger charge is -2.18. The molecule has 0 saturated carbocycles. The van der Waals surface area contributed by atoms with Crippen LogP contribution in [0.2, 0.25) is 0 Å². The summed E-state index contributed by atoms with van der Waals surface area (Å²) in [6, 6.07) is 7.73. The van der Waals surface area contributed by atoms with E-state index in [-0.39, 0.29) is 24.2 Å². The van der Waals surface area contributed by atoms with Crippen LogP contribution in [0.25, 0.3) is 0 Å². The van der Waals surface area contributed by atoms with Gasteiger partial charge in [0.15, 0.2) is 0 Å². The Balaban J connectivity index is 1.63. The van der Waals surface area contributed by atoms with Crippen molar-refractivity contribution in [3.63, 3.8) is 0 Å². The van der Waals surface area contributed by atoms with Crippen molar-refractivity contribution in [3.05, 3.63) is 34.8 Å². The van der Waals surface area contributed by atoms with Crippen molar-refractivity contribution < 1.29 is 9.59 Å². The van der Waals surface area contributed by atoms with Gasteiger partial charge in [-0.1, -0.05) is 42.9 Å². The molecule has 1 atom stereocenters. The smallest absolute Gasteiger partial charge is 0.231 e. The molecule has 1 aromatic heterocycles. The molecule has 6 nitrogen and oxygen atoms in total. The molecule has 1 aromatic carbocycles. The molecule has 0 spiro atoms. The molecule has 0 aliphatic carbocycles. The van der Waals surface area contributed by atoms with E-state index in [1.54, 1.807) is 4.90 Å². The minimum atomic E-state index is -0.366. The molecule has 25 heavy (non-hydrogen) atoms. The van der Waals surface area contributed by atoms with Gasteiger partial charge >= 0.3 is 0 Å². The van der Waals surface area contributed by atoms with E-state index in [0.29, 0.717) is 11.7 Å². The average molecular weight is 358 g/mol. The van der Waals surface area contributed by atoms with Crippen molar-refractivity contribution in [2.45, 2.75) is 39.5 Å². The van der Waals surface area contributed by atoms with Crippen LogP contribution in [0.4, 0.5) is 10.8 Å².